The third-order valence-electron chi connectivity index (χ3n) is 3.17. The van der Waals surface area contributed by atoms with Gasteiger partial charge >= 0.3 is 0 Å². The van der Waals surface area contributed by atoms with E-state index in [1.165, 1.54) is 11.1 Å². The van der Waals surface area contributed by atoms with Crippen molar-refractivity contribution in [2.24, 2.45) is 0 Å². The lowest BCUT2D eigenvalue weighted by Crippen LogP contribution is -2.08. The molecule has 0 radical (unpaired) electrons. The number of hydrogen-bond donors (Lipinski definition) is 1. The molecule has 1 unspecified atom stereocenters. The number of rotatable bonds is 4. The Balaban J connectivity index is 2.20. The van der Waals surface area contributed by atoms with Gasteiger partial charge in [-0.25, -0.2) is 0 Å². The van der Waals surface area contributed by atoms with E-state index in [1.54, 1.807) is 13.3 Å². The van der Waals surface area contributed by atoms with E-state index in [9.17, 15) is 0 Å². The lowest BCUT2D eigenvalue weighted by molar-refractivity contribution is 0.414. The number of ether oxygens (including phenoxy) is 1. The topological polar surface area (TPSA) is 34.1 Å². The minimum absolute atomic E-state index is 0.219. The highest BCUT2D eigenvalue weighted by Gasteiger charge is 2.09. The zero-order valence-corrected chi connectivity index (χ0v) is 11.9. The first-order valence-corrected chi connectivity index (χ1v) is 6.44. The molecule has 2 rings (SSSR count). The molecule has 19 heavy (non-hydrogen) atoms. The van der Waals surface area contributed by atoms with Gasteiger partial charge in [0, 0.05) is 11.7 Å². The van der Waals surface area contributed by atoms with Crippen LogP contribution in [0.2, 0.25) is 0 Å². The summed E-state index contributed by atoms with van der Waals surface area (Å²) in [5.74, 6) is 0.768. The Morgan fingerprint density at radius 3 is 2.47 bits per heavy atom. The maximum atomic E-state index is 5.33. The molecule has 100 valence electrons. The zero-order chi connectivity index (χ0) is 13.8. The maximum Gasteiger partial charge on any atom is 0.160 e. The Kier molecular flexibility index (Phi) is 4.05. The van der Waals surface area contributed by atoms with E-state index >= 15 is 0 Å². The summed E-state index contributed by atoms with van der Waals surface area (Å²) in [4.78, 5) is 4.24. The molecule has 0 aliphatic heterocycles. The first-order valence-electron chi connectivity index (χ1n) is 6.44. The second kappa shape index (κ2) is 5.74. The van der Waals surface area contributed by atoms with E-state index in [0.717, 1.165) is 17.1 Å². The number of anilines is 1. The lowest BCUT2D eigenvalue weighted by Gasteiger charge is -2.18. The van der Waals surface area contributed by atoms with E-state index in [2.05, 4.69) is 48.4 Å². The van der Waals surface area contributed by atoms with Crippen molar-refractivity contribution in [3.63, 3.8) is 0 Å². The predicted octanol–water partition coefficient (Wildman–Crippen LogP) is 3.88. The molecule has 2 aromatic rings. The van der Waals surface area contributed by atoms with Gasteiger partial charge in [0.15, 0.2) is 5.75 Å². The van der Waals surface area contributed by atoms with Gasteiger partial charge in [-0.3, -0.25) is 4.98 Å². The zero-order valence-electron chi connectivity index (χ0n) is 11.9. The van der Waals surface area contributed by atoms with Crippen molar-refractivity contribution in [2.75, 3.05) is 12.4 Å². The summed E-state index contributed by atoms with van der Waals surface area (Å²) in [6.45, 7) is 6.21. The van der Waals surface area contributed by atoms with E-state index in [0.29, 0.717) is 0 Å². The number of nitrogens with zero attached hydrogens (tertiary/aromatic N) is 1. The van der Waals surface area contributed by atoms with Crippen LogP contribution in [0.25, 0.3) is 0 Å². The number of hydrogen-bond acceptors (Lipinski definition) is 3. The van der Waals surface area contributed by atoms with Gasteiger partial charge in [0.05, 0.1) is 19.0 Å². The minimum Gasteiger partial charge on any atom is -0.493 e. The molecule has 0 spiro atoms. The number of aromatic nitrogens is 1. The summed E-state index contributed by atoms with van der Waals surface area (Å²) >= 11 is 0. The van der Waals surface area contributed by atoms with Crippen LogP contribution in [0.4, 0.5) is 5.69 Å². The van der Waals surface area contributed by atoms with Crippen molar-refractivity contribution in [1.29, 1.82) is 0 Å². The number of benzene rings is 1. The fourth-order valence-electron chi connectivity index (χ4n) is 1.99. The summed E-state index contributed by atoms with van der Waals surface area (Å²) in [5, 5.41) is 3.47. The van der Waals surface area contributed by atoms with Crippen LogP contribution in [0.1, 0.15) is 29.8 Å². The van der Waals surface area contributed by atoms with Gasteiger partial charge in [0.2, 0.25) is 0 Å². The molecule has 0 aliphatic rings. The first kappa shape index (κ1) is 13.4. The molecule has 0 saturated carbocycles. The molecular formula is C16H20N2O. The monoisotopic (exact) mass is 256 g/mol. The third kappa shape index (κ3) is 3.25. The number of methoxy groups -OCH3 is 1. The first-order chi connectivity index (χ1) is 9.10. The van der Waals surface area contributed by atoms with Gasteiger partial charge in [-0.2, -0.15) is 0 Å². The number of aryl methyl sites for hydroxylation is 2. The Hall–Kier alpha value is -2.03. The van der Waals surface area contributed by atoms with Crippen LogP contribution in [0, 0.1) is 13.8 Å². The lowest BCUT2D eigenvalue weighted by atomic mass is 10.1. The Bertz CT molecular complexity index is 549. The van der Waals surface area contributed by atoms with E-state index in [1.807, 2.05) is 13.0 Å². The summed E-state index contributed by atoms with van der Waals surface area (Å²) in [6, 6.07) is 10.8. The van der Waals surface area contributed by atoms with Crippen molar-refractivity contribution in [1.82, 2.24) is 4.98 Å². The molecule has 1 heterocycles. The molecule has 0 bridgehead atoms. The summed E-state index contributed by atoms with van der Waals surface area (Å²) in [5.41, 5.74) is 4.47. The van der Waals surface area contributed by atoms with Crippen LogP contribution in [-0.2, 0) is 0 Å². The molecule has 0 saturated heterocycles. The second-order valence-corrected chi connectivity index (χ2v) is 4.80. The van der Waals surface area contributed by atoms with Crippen LogP contribution < -0.4 is 10.1 Å². The molecule has 1 atom stereocenters. The largest absolute Gasteiger partial charge is 0.493 e. The number of pyridine rings is 1. The van der Waals surface area contributed by atoms with Crippen LogP contribution in [0.5, 0.6) is 5.75 Å². The second-order valence-electron chi connectivity index (χ2n) is 4.80. The molecule has 0 amide bonds. The SMILES string of the molecule is COc1cnc(C)cc1NC(C)c1ccc(C)cc1. The van der Waals surface area contributed by atoms with Gasteiger partial charge in [0.25, 0.3) is 0 Å². The standard InChI is InChI=1S/C16H20N2O/c1-11-5-7-14(8-6-11)13(3)18-15-9-12(2)17-10-16(15)19-4/h5-10,13H,1-4H3,(H,17,18). The van der Waals surface area contributed by atoms with Crippen molar-refractivity contribution >= 4 is 5.69 Å². The highest BCUT2D eigenvalue weighted by Crippen LogP contribution is 2.28. The highest BCUT2D eigenvalue weighted by atomic mass is 16.5. The normalized spacial score (nSPS) is 12.0. The summed E-state index contributed by atoms with van der Waals surface area (Å²) < 4.78 is 5.33. The van der Waals surface area contributed by atoms with Crippen molar-refractivity contribution in [3.8, 4) is 5.75 Å². The van der Waals surface area contributed by atoms with Gasteiger partial charge in [-0.1, -0.05) is 29.8 Å². The highest BCUT2D eigenvalue weighted by molar-refractivity contribution is 5.57. The predicted molar refractivity (Wildman–Crippen MR) is 78.7 cm³/mol. The van der Waals surface area contributed by atoms with E-state index in [-0.39, 0.29) is 6.04 Å². The minimum atomic E-state index is 0.219. The molecule has 3 nitrogen and oxygen atoms in total. The third-order valence-corrected chi connectivity index (χ3v) is 3.17. The van der Waals surface area contributed by atoms with Crippen molar-refractivity contribution in [2.45, 2.75) is 26.8 Å². The van der Waals surface area contributed by atoms with Gasteiger partial charge in [0.1, 0.15) is 0 Å². The van der Waals surface area contributed by atoms with Crippen molar-refractivity contribution < 1.29 is 4.74 Å². The van der Waals surface area contributed by atoms with Crippen molar-refractivity contribution in [3.05, 3.63) is 53.3 Å². The Morgan fingerprint density at radius 1 is 1.16 bits per heavy atom. The van der Waals surface area contributed by atoms with Crippen LogP contribution in [0.3, 0.4) is 0 Å². The summed E-state index contributed by atoms with van der Waals surface area (Å²) in [7, 11) is 1.66. The molecule has 1 aromatic carbocycles. The Morgan fingerprint density at radius 2 is 1.84 bits per heavy atom. The summed E-state index contributed by atoms with van der Waals surface area (Å²) in [6.07, 6.45) is 1.75. The molecule has 3 heteroatoms. The van der Waals surface area contributed by atoms with Gasteiger partial charge in [-0.15, -0.1) is 0 Å². The van der Waals surface area contributed by atoms with Gasteiger partial charge in [-0.05, 0) is 32.4 Å². The van der Waals surface area contributed by atoms with Crippen LogP contribution in [-0.4, -0.2) is 12.1 Å². The van der Waals surface area contributed by atoms with E-state index in [4.69, 9.17) is 4.74 Å². The average Bonchev–Trinajstić information content (AvgIpc) is 2.39. The molecule has 1 aromatic heterocycles. The molecule has 0 fully saturated rings. The molecular weight excluding hydrogens is 236 g/mol. The molecule has 1 N–H and O–H groups in total. The average molecular weight is 256 g/mol. The number of nitrogens with one attached hydrogen (secondary N) is 1. The fraction of sp³-hybridized carbons (Fsp3) is 0.312. The maximum absolute atomic E-state index is 5.33. The van der Waals surface area contributed by atoms with Gasteiger partial charge < -0.3 is 10.1 Å². The molecule has 0 aliphatic carbocycles. The quantitative estimate of drug-likeness (QED) is 0.901. The fourth-order valence-corrected chi connectivity index (χ4v) is 1.99. The van der Waals surface area contributed by atoms with Crippen LogP contribution in [0.15, 0.2) is 36.5 Å². The van der Waals surface area contributed by atoms with E-state index < -0.39 is 0 Å². The Labute approximate surface area is 114 Å². The smallest absolute Gasteiger partial charge is 0.160 e. The van der Waals surface area contributed by atoms with Crippen LogP contribution >= 0.6 is 0 Å².